The Hall–Kier alpha value is -3.85. The lowest BCUT2D eigenvalue weighted by molar-refractivity contribution is 0.0795. The average Bonchev–Trinajstić information content (AvgIpc) is 3.61. The van der Waals surface area contributed by atoms with Gasteiger partial charge in [-0.15, -0.1) is 11.3 Å². The molecule has 0 radical (unpaired) electrons. The van der Waals surface area contributed by atoms with Gasteiger partial charge in [0, 0.05) is 35.4 Å². The maximum Gasteiger partial charge on any atom is 0.254 e. The molecule has 0 saturated heterocycles. The van der Waals surface area contributed by atoms with Gasteiger partial charge in [-0.3, -0.25) is 9.89 Å². The monoisotopic (exact) mass is 488 g/mol. The fourth-order valence-corrected chi connectivity index (χ4v) is 4.77. The van der Waals surface area contributed by atoms with Crippen LogP contribution in [0.25, 0.3) is 22.3 Å². The molecule has 0 aliphatic carbocycles. The number of thiophene rings is 1. The average molecular weight is 489 g/mol. The maximum absolute atomic E-state index is 13.3. The number of H-pyrrole nitrogens is 1. The quantitative estimate of drug-likeness (QED) is 0.330. The molecule has 1 N–H and O–H groups in total. The van der Waals surface area contributed by atoms with Gasteiger partial charge in [-0.1, -0.05) is 6.07 Å². The van der Waals surface area contributed by atoms with E-state index in [0.717, 1.165) is 46.5 Å². The number of nitrogens with zero attached hydrogens (tertiary/aromatic N) is 5. The summed E-state index contributed by atoms with van der Waals surface area (Å²) < 4.78 is 15.0. The Kier molecular flexibility index (Phi) is 6.41. The molecule has 0 spiro atoms. The number of amides is 1. The zero-order chi connectivity index (χ0) is 24.4. The fraction of sp³-hybridized carbons (Fsp3) is 0.231. The molecule has 35 heavy (non-hydrogen) atoms. The van der Waals surface area contributed by atoms with Crippen molar-refractivity contribution in [2.75, 3.05) is 13.6 Å². The van der Waals surface area contributed by atoms with E-state index in [1.807, 2.05) is 42.2 Å². The number of pyridine rings is 1. The van der Waals surface area contributed by atoms with Crippen molar-refractivity contribution < 1.29 is 9.18 Å². The van der Waals surface area contributed by atoms with Crippen LogP contribution in [0.5, 0.6) is 0 Å². The maximum atomic E-state index is 13.3. The normalized spacial score (nSPS) is 11.3. The first-order valence-electron chi connectivity index (χ1n) is 11.4. The number of hydrogen-bond donors (Lipinski definition) is 1. The minimum atomic E-state index is -0.270. The van der Waals surface area contributed by atoms with Crippen molar-refractivity contribution in [2.24, 2.45) is 0 Å². The summed E-state index contributed by atoms with van der Waals surface area (Å²) in [6, 6.07) is 14.2. The molecule has 0 atom stereocenters. The van der Waals surface area contributed by atoms with Crippen LogP contribution in [0, 0.1) is 12.7 Å². The van der Waals surface area contributed by atoms with Crippen LogP contribution < -0.4 is 0 Å². The predicted molar refractivity (Wildman–Crippen MR) is 135 cm³/mol. The van der Waals surface area contributed by atoms with E-state index in [0.29, 0.717) is 18.7 Å². The van der Waals surface area contributed by atoms with Crippen LogP contribution in [0.3, 0.4) is 0 Å². The summed E-state index contributed by atoms with van der Waals surface area (Å²) in [5.74, 6) is -0.318. The Bertz CT molecular complexity index is 1460. The number of nitrogens with one attached hydrogen (secondary N) is 1. The molecule has 4 aromatic heterocycles. The lowest BCUT2D eigenvalue weighted by atomic mass is 10.1. The van der Waals surface area contributed by atoms with Gasteiger partial charge in [-0.2, -0.15) is 10.2 Å². The zero-order valence-electron chi connectivity index (χ0n) is 19.5. The Morgan fingerprint density at radius 3 is 2.80 bits per heavy atom. The van der Waals surface area contributed by atoms with Crippen molar-refractivity contribution in [3.8, 4) is 11.3 Å². The standard InChI is InChI=1S/C26H25FN6OS/c1-17-13-22(23-15-28-33(25(23)29-17)16-21-6-4-12-35-21)26(34)32(2)11-3-5-20-14-24(31-30-20)18-7-9-19(27)10-8-18/h4,6-10,12-15H,3,5,11,16H2,1-2H3,(H,30,31). The topological polar surface area (TPSA) is 79.7 Å². The number of halogens is 1. The number of aryl methyl sites for hydroxylation is 2. The van der Waals surface area contributed by atoms with Crippen LogP contribution in [0.1, 0.15) is 33.0 Å². The van der Waals surface area contributed by atoms with E-state index >= 15 is 0 Å². The van der Waals surface area contributed by atoms with Gasteiger partial charge in [0.1, 0.15) is 5.82 Å². The van der Waals surface area contributed by atoms with Gasteiger partial charge >= 0.3 is 0 Å². The largest absolute Gasteiger partial charge is 0.342 e. The highest BCUT2D eigenvalue weighted by molar-refractivity contribution is 7.09. The Balaban J connectivity index is 1.25. The van der Waals surface area contributed by atoms with Gasteiger partial charge in [0.25, 0.3) is 5.91 Å². The molecular weight excluding hydrogens is 463 g/mol. The van der Waals surface area contributed by atoms with E-state index in [1.165, 1.54) is 17.0 Å². The van der Waals surface area contributed by atoms with Crippen molar-refractivity contribution in [3.05, 3.63) is 87.8 Å². The third-order valence-corrected chi connectivity index (χ3v) is 6.77. The summed E-state index contributed by atoms with van der Waals surface area (Å²) >= 11 is 1.67. The summed E-state index contributed by atoms with van der Waals surface area (Å²) in [6.45, 7) is 3.12. The molecule has 0 saturated carbocycles. The minimum Gasteiger partial charge on any atom is -0.342 e. The summed E-state index contributed by atoms with van der Waals surface area (Å²) in [6.07, 6.45) is 3.26. The zero-order valence-corrected chi connectivity index (χ0v) is 20.3. The second kappa shape index (κ2) is 9.79. The van der Waals surface area contributed by atoms with E-state index in [9.17, 15) is 9.18 Å². The Morgan fingerprint density at radius 1 is 1.20 bits per heavy atom. The van der Waals surface area contributed by atoms with Crippen LogP contribution >= 0.6 is 11.3 Å². The summed E-state index contributed by atoms with van der Waals surface area (Å²) in [7, 11) is 1.82. The number of carbonyl (C=O) groups excluding carboxylic acids is 1. The molecule has 0 bridgehead atoms. The number of aromatic nitrogens is 5. The van der Waals surface area contributed by atoms with Gasteiger partial charge in [-0.05, 0) is 67.6 Å². The van der Waals surface area contributed by atoms with Crippen molar-refractivity contribution in [3.63, 3.8) is 0 Å². The number of fused-ring (bicyclic) bond motifs is 1. The molecule has 5 rings (SSSR count). The molecular formula is C26H25FN6OS. The molecule has 4 heterocycles. The van der Waals surface area contributed by atoms with E-state index in [2.05, 4.69) is 26.3 Å². The lowest BCUT2D eigenvalue weighted by Gasteiger charge is -2.17. The third kappa shape index (κ3) is 5.00. The van der Waals surface area contributed by atoms with Crippen molar-refractivity contribution in [2.45, 2.75) is 26.3 Å². The molecule has 1 amide bonds. The Labute approximate surface area is 206 Å². The summed E-state index contributed by atoms with van der Waals surface area (Å²) in [5.41, 5.74) is 4.74. The van der Waals surface area contributed by atoms with Gasteiger partial charge in [0.05, 0.1) is 29.4 Å². The van der Waals surface area contributed by atoms with Crippen molar-refractivity contribution in [1.82, 2.24) is 29.9 Å². The number of aromatic amines is 1. The Morgan fingerprint density at radius 2 is 2.03 bits per heavy atom. The molecule has 5 aromatic rings. The second-order valence-corrected chi connectivity index (χ2v) is 9.58. The van der Waals surface area contributed by atoms with Crippen molar-refractivity contribution in [1.29, 1.82) is 0 Å². The van der Waals surface area contributed by atoms with Gasteiger partial charge in [0.15, 0.2) is 5.65 Å². The van der Waals surface area contributed by atoms with Crippen molar-refractivity contribution >= 4 is 28.3 Å². The highest BCUT2D eigenvalue weighted by atomic mass is 32.1. The highest BCUT2D eigenvalue weighted by Gasteiger charge is 2.19. The third-order valence-electron chi connectivity index (χ3n) is 5.91. The minimum absolute atomic E-state index is 0.0483. The first-order chi connectivity index (χ1) is 17.0. The fourth-order valence-electron chi connectivity index (χ4n) is 4.09. The number of benzene rings is 1. The lowest BCUT2D eigenvalue weighted by Crippen LogP contribution is -2.28. The van der Waals surface area contributed by atoms with Gasteiger partial charge in [-0.25, -0.2) is 14.1 Å². The second-order valence-electron chi connectivity index (χ2n) is 8.55. The summed E-state index contributed by atoms with van der Waals surface area (Å²) in [4.78, 5) is 20.9. The van der Waals surface area contributed by atoms with Crippen LogP contribution in [0.15, 0.2) is 60.1 Å². The van der Waals surface area contributed by atoms with Gasteiger partial charge in [0.2, 0.25) is 0 Å². The first kappa shape index (κ1) is 22.9. The molecule has 0 aliphatic rings. The predicted octanol–water partition coefficient (Wildman–Crippen LogP) is 5.08. The first-order valence-corrected chi connectivity index (χ1v) is 12.3. The number of carbonyl (C=O) groups is 1. The van der Waals surface area contributed by atoms with Crippen LogP contribution in [0.4, 0.5) is 4.39 Å². The molecule has 9 heteroatoms. The SMILES string of the molecule is Cc1cc(C(=O)N(C)CCCc2cc(-c3ccc(F)cc3)n[nH]2)c2cnn(Cc3cccs3)c2n1. The number of rotatable bonds is 8. The van der Waals surface area contributed by atoms with Crippen LogP contribution in [0.2, 0.25) is 0 Å². The molecule has 1 aromatic carbocycles. The molecule has 0 fully saturated rings. The molecule has 7 nitrogen and oxygen atoms in total. The number of hydrogen-bond acceptors (Lipinski definition) is 5. The molecule has 178 valence electrons. The van der Waals surface area contributed by atoms with Gasteiger partial charge < -0.3 is 4.90 Å². The van der Waals surface area contributed by atoms with E-state index in [-0.39, 0.29) is 11.7 Å². The molecule has 0 unspecified atom stereocenters. The van der Waals surface area contributed by atoms with E-state index in [4.69, 9.17) is 0 Å². The molecule has 0 aliphatic heterocycles. The highest BCUT2D eigenvalue weighted by Crippen LogP contribution is 2.22. The smallest absolute Gasteiger partial charge is 0.254 e. The van der Waals surface area contributed by atoms with Crippen LogP contribution in [-0.2, 0) is 13.0 Å². The van der Waals surface area contributed by atoms with E-state index in [1.54, 1.807) is 34.6 Å². The summed E-state index contributed by atoms with van der Waals surface area (Å²) in [5, 5.41) is 14.7. The van der Waals surface area contributed by atoms with E-state index < -0.39 is 0 Å². The van der Waals surface area contributed by atoms with Crippen LogP contribution in [-0.4, -0.2) is 49.4 Å².